The van der Waals surface area contributed by atoms with E-state index in [2.05, 4.69) is 27.5 Å². The van der Waals surface area contributed by atoms with Gasteiger partial charge in [0, 0.05) is 10.0 Å². The summed E-state index contributed by atoms with van der Waals surface area (Å²) in [6.07, 6.45) is 1.45. The van der Waals surface area contributed by atoms with Gasteiger partial charge in [-0.25, -0.2) is 9.78 Å². The molecule has 1 aromatic heterocycles. The summed E-state index contributed by atoms with van der Waals surface area (Å²) >= 11 is 4.34. The van der Waals surface area contributed by atoms with Crippen LogP contribution >= 0.6 is 27.3 Å². The highest BCUT2D eigenvalue weighted by atomic mass is 79.9. The van der Waals surface area contributed by atoms with Crippen LogP contribution in [-0.4, -0.2) is 41.5 Å². The summed E-state index contributed by atoms with van der Waals surface area (Å²) in [6.45, 7) is 6.99. The van der Waals surface area contributed by atoms with E-state index < -0.39 is 23.7 Å². The number of aromatic nitrogens is 1. The normalized spacial score (nSPS) is 16.6. The highest BCUT2D eigenvalue weighted by Crippen LogP contribution is 2.44. The molecule has 1 aliphatic rings. The van der Waals surface area contributed by atoms with Crippen molar-refractivity contribution in [3.8, 4) is 5.75 Å². The van der Waals surface area contributed by atoms with Crippen LogP contribution in [0.2, 0.25) is 0 Å². The van der Waals surface area contributed by atoms with Gasteiger partial charge in [0.1, 0.15) is 23.0 Å². The van der Waals surface area contributed by atoms with E-state index in [0.717, 1.165) is 21.4 Å². The van der Waals surface area contributed by atoms with Gasteiger partial charge in [-0.05, 0) is 55.3 Å². The topological polar surface area (TPSA) is 106 Å². The number of Topliss-reactive ketones (excluding diaryl/α,β-unsaturated/α-hetero) is 1. The molecular formula is C27H23BrN2O6S. The van der Waals surface area contributed by atoms with Gasteiger partial charge in [-0.2, -0.15) is 0 Å². The summed E-state index contributed by atoms with van der Waals surface area (Å²) in [4.78, 5) is 45.1. The number of aryl methyl sites for hydroxylation is 2. The molecule has 3 aromatic rings. The SMILES string of the molecule is C=CCOC(=O)c1sc(N2C(=O)C(=O)/C(=C(/O)c3ccc(OC)c(C)c3)[C@@H]2c2ccc(Br)cc2)nc1C. The number of hydrogen-bond donors (Lipinski definition) is 1. The average molecular weight is 583 g/mol. The van der Waals surface area contributed by atoms with Gasteiger partial charge in [0.25, 0.3) is 5.78 Å². The zero-order valence-corrected chi connectivity index (χ0v) is 22.7. The summed E-state index contributed by atoms with van der Waals surface area (Å²) in [5.74, 6) is -2.03. The number of aliphatic hydroxyl groups is 1. The summed E-state index contributed by atoms with van der Waals surface area (Å²) < 4.78 is 11.2. The van der Waals surface area contributed by atoms with E-state index in [1.54, 1.807) is 56.5 Å². The predicted octanol–water partition coefficient (Wildman–Crippen LogP) is 5.50. The molecule has 10 heteroatoms. The highest BCUT2D eigenvalue weighted by Gasteiger charge is 2.48. The van der Waals surface area contributed by atoms with Gasteiger partial charge >= 0.3 is 11.9 Å². The number of ketones is 1. The lowest BCUT2D eigenvalue weighted by Crippen LogP contribution is -2.29. The molecule has 1 amide bonds. The lowest BCUT2D eigenvalue weighted by atomic mass is 9.95. The molecule has 1 N–H and O–H groups in total. The molecule has 0 radical (unpaired) electrons. The minimum absolute atomic E-state index is 0.0240. The minimum atomic E-state index is -0.974. The first kappa shape index (κ1) is 26.3. The molecule has 0 aliphatic carbocycles. The Morgan fingerprint density at radius 2 is 1.92 bits per heavy atom. The van der Waals surface area contributed by atoms with E-state index in [9.17, 15) is 19.5 Å². The number of aliphatic hydroxyl groups excluding tert-OH is 1. The van der Waals surface area contributed by atoms with Crippen molar-refractivity contribution >= 4 is 55.8 Å². The highest BCUT2D eigenvalue weighted by molar-refractivity contribution is 9.10. The van der Waals surface area contributed by atoms with Gasteiger partial charge < -0.3 is 14.6 Å². The van der Waals surface area contributed by atoms with Gasteiger partial charge in [-0.3, -0.25) is 14.5 Å². The van der Waals surface area contributed by atoms with Crippen molar-refractivity contribution in [3.63, 3.8) is 0 Å². The van der Waals surface area contributed by atoms with Crippen LogP contribution in [0.1, 0.15) is 38.1 Å². The number of anilines is 1. The van der Waals surface area contributed by atoms with Gasteiger partial charge in [-0.1, -0.05) is 52.1 Å². The van der Waals surface area contributed by atoms with Gasteiger partial charge in [0.2, 0.25) is 0 Å². The summed E-state index contributed by atoms with van der Waals surface area (Å²) in [6, 6.07) is 11.1. The zero-order chi connectivity index (χ0) is 26.9. The smallest absolute Gasteiger partial charge is 0.350 e. The maximum absolute atomic E-state index is 13.4. The monoisotopic (exact) mass is 582 g/mol. The third-order valence-corrected chi connectivity index (χ3v) is 7.47. The quantitative estimate of drug-likeness (QED) is 0.129. The maximum atomic E-state index is 13.4. The van der Waals surface area contributed by atoms with Crippen LogP contribution in [-0.2, 0) is 14.3 Å². The number of hydrogen-bond acceptors (Lipinski definition) is 8. The van der Waals surface area contributed by atoms with Crippen molar-refractivity contribution in [1.29, 1.82) is 0 Å². The standard InChI is InChI=1S/C27H23BrN2O6S/c1-5-12-36-26(34)24-15(3)29-27(37-24)30-21(16-6-9-18(28)10-7-16)20(23(32)25(30)33)22(31)17-8-11-19(35-4)14(2)13-17/h5-11,13,21,31H,1,12H2,2-4H3/b22-20+/t21-/m0/s1. The molecule has 4 rings (SSSR count). The Hall–Kier alpha value is -3.76. The van der Waals surface area contributed by atoms with Crippen molar-refractivity contribution in [2.75, 3.05) is 18.6 Å². The number of ether oxygens (including phenoxy) is 2. The molecule has 1 saturated heterocycles. The average Bonchev–Trinajstić information content (AvgIpc) is 3.39. The number of carbonyl (C=O) groups is 3. The molecule has 0 bridgehead atoms. The van der Waals surface area contributed by atoms with E-state index in [0.29, 0.717) is 22.6 Å². The van der Waals surface area contributed by atoms with Gasteiger partial charge in [-0.15, -0.1) is 0 Å². The Labute approximate surface area is 226 Å². The fourth-order valence-electron chi connectivity index (χ4n) is 4.05. The number of carbonyl (C=O) groups excluding carboxylic acids is 3. The second kappa shape index (κ2) is 10.7. The van der Waals surface area contributed by atoms with Crippen LogP contribution in [0.25, 0.3) is 5.76 Å². The van der Waals surface area contributed by atoms with Gasteiger partial charge in [0.05, 0.1) is 24.4 Å². The largest absolute Gasteiger partial charge is 0.507 e. The molecule has 2 aromatic carbocycles. The first-order valence-electron chi connectivity index (χ1n) is 11.1. The third kappa shape index (κ3) is 4.94. The maximum Gasteiger partial charge on any atom is 0.350 e. The second-order valence-corrected chi connectivity index (χ2v) is 10.1. The van der Waals surface area contributed by atoms with Crippen LogP contribution in [0.4, 0.5) is 5.13 Å². The number of thiazole rings is 1. The van der Waals surface area contributed by atoms with E-state index in [4.69, 9.17) is 9.47 Å². The molecule has 1 fully saturated rings. The van der Waals surface area contributed by atoms with Crippen LogP contribution in [0.5, 0.6) is 5.75 Å². The molecule has 0 unspecified atom stereocenters. The molecule has 8 nitrogen and oxygen atoms in total. The number of nitrogens with zero attached hydrogens (tertiary/aromatic N) is 2. The fraction of sp³-hybridized carbons (Fsp3) is 0.185. The second-order valence-electron chi connectivity index (χ2n) is 8.20. The summed E-state index contributed by atoms with van der Waals surface area (Å²) in [5, 5.41) is 11.5. The van der Waals surface area contributed by atoms with Crippen molar-refractivity contribution in [2.45, 2.75) is 19.9 Å². The number of amides is 1. The molecule has 1 aliphatic heterocycles. The van der Waals surface area contributed by atoms with Crippen molar-refractivity contribution in [1.82, 2.24) is 4.98 Å². The molecule has 1 atom stereocenters. The van der Waals surface area contributed by atoms with Crippen LogP contribution in [0.3, 0.4) is 0 Å². The first-order valence-corrected chi connectivity index (χ1v) is 12.8. The Kier molecular flexibility index (Phi) is 7.60. The van der Waals surface area contributed by atoms with E-state index in [1.165, 1.54) is 11.0 Å². The van der Waals surface area contributed by atoms with Crippen molar-refractivity contribution in [2.24, 2.45) is 0 Å². The molecular weight excluding hydrogens is 560 g/mol. The van der Waals surface area contributed by atoms with Crippen LogP contribution < -0.4 is 9.64 Å². The lowest BCUT2D eigenvalue weighted by molar-refractivity contribution is -0.132. The van der Waals surface area contributed by atoms with Crippen molar-refractivity contribution in [3.05, 3.63) is 92.4 Å². The van der Waals surface area contributed by atoms with Crippen LogP contribution in [0, 0.1) is 13.8 Å². The number of methoxy groups -OCH3 is 1. The fourth-order valence-corrected chi connectivity index (χ4v) is 5.30. The number of halogens is 1. The van der Waals surface area contributed by atoms with Crippen molar-refractivity contribution < 1.29 is 29.0 Å². The number of rotatable bonds is 7. The first-order chi connectivity index (χ1) is 17.7. The molecule has 37 heavy (non-hydrogen) atoms. The lowest BCUT2D eigenvalue weighted by Gasteiger charge is -2.23. The van der Waals surface area contributed by atoms with Crippen LogP contribution in [0.15, 0.2) is 65.2 Å². The Morgan fingerprint density at radius 1 is 1.22 bits per heavy atom. The van der Waals surface area contributed by atoms with E-state index >= 15 is 0 Å². The summed E-state index contributed by atoms with van der Waals surface area (Å²) in [7, 11) is 1.54. The summed E-state index contributed by atoms with van der Waals surface area (Å²) in [5.41, 5.74) is 1.97. The Bertz CT molecular complexity index is 1440. The van der Waals surface area contributed by atoms with E-state index in [1.807, 2.05) is 6.92 Å². The Morgan fingerprint density at radius 3 is 2.54 bits per heavy atom. The zero-order valence-electron chi connectivity index (χ0n) is 20.3. The number of benzene rings is 2. The number of esters is 1. The predicted molar refractivity (Wildman–Crippen MR) is 144 cm³/mol. The molecule has 190 valence electrons. The molecule has 2 heterocycles. The Balaban J connectivity index is 1.88. The van der Waals surface area contributed by atoms with Gasteiger partial charge in [0.15, 0.2) is 5.13 Å². The van der Waals surface area contributed by atoms with E-state index in [-0.39, 0.29) is 27.9 Å². The third-order valence-electron chi connectivity index (χ3n) is 5.81. The molecule has 0 spiro atoms. The minimum Gasteiger partial charge on any atom is -0.507 e. The molecule has 0 saturated carbocycles.